The maximum atomic E-state index is 9.40. The normalized spacial score (nSPS) is 13.1. The molecule has 0 saturated carbocycles. The number of rotatable bonds is 5. The first kappa shape index (κ1) is 16.4. The predicted octanol–water partition coefficient (Wildman–Crippen LogP) is 2.97. The van der Waals surface area contributed by atoms with E-state index < -0.39 is 5.60 Å². The lowest BCUT2D eigenvalue weighted by Gasteiger charge is -2.17. The van der Waals surface area contributed by atoms with Crippen LogP contribution in [0.1, 0.15) is 60.3 Å². The Kier molecular flexibility index (Phi) is 11.1. The van der Waals surface area contributed by atoms with Crippen LogP contribution in [0.3, 0.4) is 0 Å². The van der Waals surface area contributed by atoms with Crippen molar-refractivity contribution in [3.8, 4) is 0 Å². The highest BCUT2D eigenvalue weighted by molar-refractivity contribution is 4.65. The lowest BCUT2D eigenvalue weighted by atomic mass is 9.96. The fraction of sp³-hybridized carbons (Fsp3) is 1.00. The molecule has 0 fully saturated rings. The van der Waals surface area contributed by atoms with Gasteiger partial charge in [-0.1, -0.05) is 33.1 Å². The maximum Gasteiger partial charge on any atom is 0.0591 e. The van der Waals surface area contributed by atoms with Crippen molar-refractivity contribution in [2.45, 2.75) is 65.9 Å². The third-order valence-electron chi connectivity index (χ3n) is 2.18. The van der Waals surface area contributed by atoms with Crippen molar-refractivity contribution in [1.29, 1.82) is 0 Å². The molecule has 0 saturated heterocycles. The van der Waals surface area contributed by atoms with Crippen molar-refractivity contribution in [3.63, 3.8) is 0 Å². The maximum absolute atomic E-state index is 9.40. The largest absolute Gasteiger partial charge is 0.397 e. The molecule has 2 heteroatoms. The third kappa shape index (κ3) is 17.9. The van der Waals surface area contributed by atoms with Crippen molar-refractivity contribution in [3.05, 3.63) is 0 Å². The summed E-state index contributed by atoms with van der Waals surface area (Å²) in [6.07, 6.45) is 4.59. The lowest BCUT2D eigenvalue weighted by molar-refractivity contribution is 0.0670. The van der Waals surface area contributed by atoms with E-state index in [1.54, 1.807) is 6.92 Å². The summed E-state index contributed by atoms with van der Waals surface area (Å²) in [5.74, 6) is 0.817. The molecule has 0 aromatic rings. The van der Waals surface area contributed by atoms with Crippen LogP contribution in [0.15, 0.2) is 0 Å². The Morgan fingerprint density at radius 3 is 1.93 bits per heavy atom. The van der Waals surface area contributed by atoms with Gasteiger partial charge in [-0.15, -0.1) is 0 Å². The summed E-state index contributed by atoms with van der Waals surface area (Å²) in [6.45, 7) is 10.2. The van der Waals surface area contributed by atoms with Gasteiger partial charge in [-0.05, 0) is 33.1 Å². The second-order valence-corrected chi connectivity index (χ2v) is 4.53. The first-order chi connectivity index (χ1) is 6.37. The van der Waals surface area contributed by atoms with Gasteiger partial charge in [-0.2, -0.15) is 0 Å². The summed E-state index contributed by atoms with van der Waals surface area (Å²) in [4.78, 5) is 0. The molecular weight excluding hydrogens is 176 g/mol. The fourth-order valence-electron chi connectivity index (χ4n) is 1.09. The Balaban J connectivity index is 0. The zero-order valence-corrected chi connectivity index (χ0v) is 10.5. The SMILES string of the molecule is CCC(C)CCCC(C)(C)O.CCO. The Morgan fingerprint density at radius 1 is 1.21 bits per heavy atom. The molecule has 0 aliphatic carbocycles. The van der Waals surface area contributed by atoms with Gasteiger partial charge < -0.3 is 10.2 Å². The molecule has 14 heavy (non-hydrogen) atoms. The molecule has 0 aliphatic rings. The molecule has 0 spiro atoms. The second-order valence-electron chi connectivity index (χ2n) is 4.53. The molecule has 2 N–H and O–H groups in total. The minimum absolute atomic E-state index is 0.250. The van der Waals surface area contributed by atoms with Crippen molar-refractivity contribution in [2.24, 2.45) is 5.92 Å². The highest BCUT2D eigenvalue weighted by Gasteiger charge is 2.11. The molecule has 0 amide bonds. The second kappa shape index (κ2) is 9.47. The molecule has 88 valence electrons. The van der Waals surface area contributed by atoms with Crippen molar-refractivity contribution < 1.29 is 10.2 Å². The highest BCUT2D eigenvalue weighted by atomic mass is 16.3. The fourth-order valence-corrected chi connectivity index (χ4v) is 1.09. The molecule has 1 atom stereocenters. The molecule has 1 unspecified atom stereocenters. The zero-order valence-electron chi connectivity index (χ0n) is 10.5. The van der Waals surface area contributed by atoms with Crippen LogP contribution in [0, 0.1) is 5.92 Å². The van der Waals surface area contributed by atoms with Crippen LogP contribution in [0.2, 0.25) is 0 Å². The Labute approximate surface area is 89.3 Å². The molecule has 0 aromatic heterocycles. The smallest absolute Gasteiger partial charge is 0.0591 e. The van der Waals surface area contributed by atoms with Gasteiger partial charge in [-0.25, -0.2) is 0 Å². The van der Waals surface area contributed by atoms with Crippen LogP contribution in [-0.4, -0.2) is 22.4 Å². The number of aliphatic hydroxyl groups is 2. The molecule has 0 radical (unpaired) electrons. The summed E-state index contributed by atoms with van der Waals surface area (Å²) < 4.78 is 0. The number of hydrogen-bond donors (Lipinski definition) is 2. The zero-order chi connectivity index (χ0) is 11.6. The van der Waals surface area contributed by atoms with Gasteiger partial charge in [0.25, 0.3) is 0 Å². The van der Waals surface area contributed by atoms with E-state index in [9.17, 15) is 5.11 Å². The summed E-state index contributed by atoms with van der Waals surface area (Å²) in [6, 6.07) is 0. The molecule has 0 rings (SSSR count). The average Bonchev–Trinajstić information content (AvgIpc) is 2.03. The molecule has 0 heterocycles. The van der Waals surface area contributed by atoms with E-state index in [2.05, 4.69) is 13.8 Å². The average molecular weight is 204 g/mol. The number of hydrogen-bond acceptors (Lipinski definition) is 2. The van der Waals surface area contributed by atoms with Crippen LogP contribution in [0.5, 0.6) is 0 Å². The van der Waals surface area contributed by atoms with E-state index in [-0.39, 0.29) is 6.61 Å². The molecule has 0 aromatic carbocycles. The van der Waals surface area contributed by atoms with Gasteiger partial charge in [-0.3, -0.25) is 0 Å². The minimum Gasteiger partial charge on any atom is -0.397 e. The van der Waals surface area contributed by atoms with Crippen LogP contribution in [-0.2, 0) is 0 Å². The standard InChI is InChI=1S/C10H22O.C2H6O/c1-5-9(2)7-6-8-10(3,4)11;1-2-3/h9,11H,5-8H2,1-4H3;3H,2H2,1H3. The topological polar surface area (TPSA) is 40.5 Å². The van der Waals surface area contributed by atoms with E-state index >= 15 is 0 Å². The summed E-state index contributed by atoms with van der Waals surface area (Å²) in [5.41, 5.74) is -0.465. The van der Waals surface area contributed by atoms with E-state index in [1.165, 1.54) is 12.8 Å². The van der Waals surface area contributed by atoms with Gasteiger partial charge in [0.15, 0.2) is 0 Å². The van der Waals surface area contributed by atoms with Gasteiger partial charge in [0.05, 0.1) is 5.60 Å². The Morgan fingerprint density at radius 2 is 1.64 bits per heavy atom. The molecule has 0 bridgehead atoms. The number of aliphatic hydroxyl groups excluding tert-OH is 1. The van der Waals surface area contributed by atoms with Crippen LogP contribution in [0.4, 0.5) is 0 Å². The van der Waals surface area contributed by atoms with Crippen molar-refractivity contribution >= 4 is 0 Å². The lowest BCUT2D eigenvalue weighted by Crippen LogP contribution is -2.18. The van der Waals surface area contributed by atoms with Gasteiger partial charge >= 0.3 is 0 Å². The molecule has 2 nitrogen and oxygen atoms in total. The van der Waals surface area contributed by atoms with Crippen LogP contribution < -0.4 is 0 Å². The van der Waals surface area contributed by atoms with Gasteiger partial charge in [0, 0.05) is 6.61 Å². The highest BCUT2D eigenvalue weighted by Crippen LogP contribution is 2.16. The Bertz CT molecular complexity index is 105. The van der Waals surface area contributed by atoms with E-state index in [0.717, 1.165) is 18.8 Å². The molecular formula is C12H28O2. The summed E-state index contributed by atoms with van der Waals surface area (Å²) in [5, 5.41) is 17.0. The summed E-state index contributed by atoms with van der Waals surface area (Å²) >= 11 is 0. The van der Waals surface area contributed by atoms with Gasteiger partial charge in [0.2, 0.25) is 0 Å². The van der Waals surface area contributed by atoms with E-state index in [1.807, 2.05) is 13.8 Å². The van der Waals surface area contributed by atoms with E-state index in [4.69, 9.17) is 5.11 Å². The van der Waals surface area contributed by atoms with E-state index in [0.29, 0.717) is 0 Å². The Hall–Kier alpha value is -0.0800. The quantitative estimate of drug-likeness (QED) is 0.723. The predicted molar refractivity (Wildman–Crippen MR) is 62.4 cm³/mol. The van der Waals surface area contributed by atoms with Crippen molar-refractivity contribution in [2.75, 3.05) is 6.61 Å². The summed E-state index contributed by atoms with van der Waals surface area (Å²) in [7, 11) is 0. The van der Waals surface area contributed by atoms with Crippen molar-refractivity contribution in [1.82, 2.24) is 0 Å². The van der Waals surface area contributed by atoms with Crippen LogP contribution >= 0.6 is 0 Å². The first-order valence-corrected chi connectivity index (χ1v) is 5.70. The molecule has 0 aliphatic heterocycles. The first-order valence-electron chi connectivity index (χ1n) is 5.70. The third-order valence-corrected chi connectivity index (χ3v) is 2.18. The monoisotopic (exact) mass is 204 g/mol. The minimum atomic E-state index is -0.465. The van der Waals surface area contributed by atoms with Gasteiger partial charge in [0.1, 0.15) is 0 Å². The van der Waals surface area contributed by atoms with Crippen LogP contribution in [0.25, 0.3) is 0 Å².